The number of benzene rings is 2. The van der Waals surface area contributed by atoms with Crippen molar-refractivity contribution in [2.75, 3.05) is 37.3 Å². The highest BCUT2D eigenvalue weighted by atomic mass is 16.6. The van der Waals surface area contributed by atoms with Gasteiger partial charge in [0.15, 0.2) is 13.2 Å². The zero-order valence-corrected chi connectivity index (χ0v) is 52.0. The minimum atomic E-state index is -0.848. The molecule has 17 nitrogen and oxygen atoms in total. The topological polar surface area (TPSA) is 263 Å². The zero-order chi connectivity index (χ0) is 62.2. The van der Waals surface area contributed by atoms with Crippen LogP contribution < -0.4 is 31.2 Å². The molecule has 4 unspecified atom stereocenters. The molecule has 16 atom stereocenters. The van der Waals surface area contributed by atoms with Gasteiger partial charge in [-0.3, -0.25) is 14.5 Å². The summed E-state index contributed by atoms with van der Waals surface area (Å²) in [5.41, 5.74) is 15.9. The number of primary amides is 2. The molecule has 2 aliphatic heterocycles. The van der Waals surface area contributed by atoms with Crippen LogP contribution >= 0.6 is 0 Å². The molecule has 9 N–H and O–H groups in total. The maximum Gasteiger partial charge on any atom is 0.404 e. The van der Waals surface area contributed by atoms with Crippen LogP contribution in [0.1, 0.15) is 134 Å². The molecule has 0 bridgehead atoms. The molecule has 0 fully saturated rings. The number of aliphatic hydroxyl groups excluding tert-OH is 4. The third-order valence-electron chi connectivity index (χ3n) is 15.7. The molecule has 462 valence electrons. The molecule has 0 aliphatic carbocycles. The fourth-order valence-corrected chi connectivity index (χ4v) is 11.0. The van der Waals surface area contributed by atoms with Gasteiger partial charge in [-0.05, 0) is 86.8 Å². The van der Waals surface area contributed by atoms with E-state index in [4.69, 9.17) is 35.2 Å². The fourth-order valence-electron chi connectivity index (χ4n) is 11.0. The number of hydrogen-bond acceptors (Lipinski definition) is 13. The molecule has 4 amide bonds. The summed E-state index contributed by atoms with van der Waals surface area (Å²) < 4.78 is 27.0. The first-order valence-electron chi connectivity index (χ1n) is 29.5. The number of nitrogens with one attached hydrogen (secondary N) is 1. The number of aliphatic hydroxyl groups is 4. The number of nitrogens with two attached hydrogens (primary N) is 2. The monoisotopic (exact) mass is 1160 g/mol. The smallest absolute Gasteiger partial charge is 0.404 e. The van der Waals surface area contributed by atoms with Crippen molar-refractivity contribution in [2.24, 2.45) is 70.6 Å². The van der Waals surface area contributed by atoms with Crippen molar-refractivity contribution in [1.29, 1.82) is 0 Å². The number of amides is 4. The molecule has 0 aromatic heterocycles. The largest absolute Gasteiger partial charge is 0.482 e. The van der Waals surface area contributed by atoms with Gasteiger partial charge in [-0.2, -0.15) is 0 Å². The van der Waals surface area contributed by atoms with Crippen molar-refractivity contribution in [3.8, 4) is 11.5 Å². The van der Waals surface area contributed by atoms with Crippen molar-refractivity contribution in [2.45, 2.75) is 159 Å². The fraction of sp³-hybridized carbons (Fsp3) is 0.576. The Morgan fingerprint density at radius 2 is 1.05 bits per heavy atom. The van der Waals surface area contributed by atoms with Crippen molar-refractivity contribution in [3.05, 3.63) is 107 Å². The van der Waals surface area contributed by atoms with E-state index in [9.17, 15) is 39.6 Å². The third-order valence-corrected chi connectivity index (χ3v) is 15.7. The molecule has 17 heteroatoms. The van der Waals surface area contributed by atoms with Crippen molar-refractivity contribution >= 4 is 47.5 Å². The van der Waals surface area contributed by atoms with Gasteiger partial charge >= 0.3 is 12.2 Å². The lowest BCUT2D eigenvalue weighted by Crippen LogP contribution is -2.41. The van der Waals surface area contributed by atoms with Crippen LogP contribution in [0, 0.1) is 59.2 Å². The zero-order valence-electron chi connectivity index (χ0n) is 52.0. The van der Waals surface area contributed by atoms with Crippen LogP contribution in [-0.2, 0) is 23.8 Å². The van der Waals surface area contributed by atoms with E-state index in [1.807, 2.05) is 182 Å². The van der Waals surface area contributed by atoms with E-state index in [1.54, 1.807) is 12.0 Å². The van der Waals surface area contributed by atoms with Gasteiger partial charge in [-0.1, -0.05) is 167 Å². The predicted molar refractivity (Wildman–Crippen MR) is 330 cm³/mol. The molecular formula is C66H100N4O13. The normalized spacial score (nSPS) is 19.9. The van der Waals surface area contributed by atoms with Crippen LogP contribution in [0.25, 0.3) is 12.2 Å². The maximum atomic E-state index is 12.3. The summed E-state index contributed by atoms with van der Waals surface area (Å²) in [5.74, 6) is -0.579. The average molecular weight is 1160 g/mol. The number of hydrogen-bond donors (Lipinski definition) is 7. The first-order valence-corrected chi connectivity index (χ1v) is 29.5. The summed E-state index contributed by atoms with van der Waals surface area (Å²) in [7, 11) is 1.54. The Labute approximate surface area is 494 Å². The van der Waals surface area contributed by atoms with E-state index < -0.39 is 48.8 Å². The second-order valence-electron chi connectivity index (χ2n) is 23.3. The van der Waals surface area contributed by atoms with Crippen LogP contribution in [0.2, 0.25) is 0 Å². The van der Waals surface area contributed by atoms with Gasteiger partial charge in [0.05, 0.1) is 35.8 Å². The van der Waals surface area contributed by atoms with Gasteiger partial charge in [0.1, 0.15) is 30.4 Å². The Bertz CT molecular complexity index is 2580. The summed E-state index contributed by atoms with van der Waals surface area (Å²) >= 11 is 0. The van der Waals surface area contributed by atoms with Crippen molar-refractivity contribution < 1.29 is 63.3 Å². The van der Waals surface area contributed by atoms with Gasteiger partial charge in [0.25, 0.3) is 11.8 Å². The highest BCUT2D eigenvalue weighted by Gasteiger charge is 2.35. The van der Waals surface area contributed by atoms with E-state index in [2.05, 4.69) is 17.5 Å². The SMILES string of the molecule is CC/C=C\C(C)[C@H](OC(N)=O)[C@@H](C)[C@H](O)[C@@H](C)C/C(C)=C\[C@H](C)[C@@H](O)C(C)/C=C\c1ccc2c(c1)N(COC)C(=O)CO2.CC/C=C\C(C)[C@H](OC(N)=O)[C@@H](C)[C@H](O)[C@@H](C)C/C(C)=C\[C@H](C)[C@@H](O)C(C)/C=C\c1ccc2c(c1)NC(=O)CO2. The predicted octanol–water partition coefficient (Wildman–Crippen LogP) is 11.4. The lowest BCUT2D eigenvalue weighted by molar-refractivity contribution is -0.122. The molecule has 0 saturated heterocycles. The van der Waals surface area contributed by atoms with Gasteiger partial charge in [0.2, 0.25) is 0 Å². The van der Waals surface area contributed by atoms with Crippen molar-refractivity contribution in [1.82, 2.24) is 0 Å². The van der Waals surface area contributed by atoms with Gasteiger partial charge < -0.3 is 60.9 Å². The van der Waals surface area contributed by atoms with E-state index in [1.165, 1.54) is 0 Å². The third kappa shape index (κ3) is 22.7. The van der Waals surface area contributed by atoms with Crippen LogP contribution in [0.3, 0.4) is 0 Å². The number of nitrogens with zero attached hydrogens (tertiary/aromatic N) is 1. The summed E-state index contributed by atoms with van der Waals surface area (Å²) in [6.07, 6.45) is 17.5. The van der Waals surface area contributed by atoms with E-state index >= 15 is 0 Å². The second-order valence-corrected chi connectivity index (χ2v) is 23.3. The molecule has 83 heavy (non-hydrogen) atoms. The number of anilines is 2. The standard InChI is InChI=1S/C34H52N2O7.C32H48N2O6/c1-9-10-11-23(4)33(43-34(35)40)26(7)32(39)25(6)17-21(2)16-24(5)31(38)22(3)12-13-27-14-15-29-28(18-27)36(20-41-8)30(37)19-42-29;1-8-9-10-21(4)31(40-32(33)38)24(7)30(37)23(6)16-19(2)15-22(5)29(36)20(3)11-12-25-13-14-27-26(17-25)34-28(35)18-39-27/h10-16,18,22-26,31-33,38-39H,9,17,19-20H2,1-8H3,(H2,35,40);9-15,17,20-24,29-31,36-37H,8,16,18H2,1-7H3,(H2,33,38)(H,34,35)/b11-10-,13-12-,21-16-;10-9-,12-11-,19-15-/t22?,23?,24-,25-,26-,31-,32+,33-;20?,21?,22-,23-,24-,29-,30+,31-/m00/s1. The lowest BCUT2D eigenvalue weighted by Gasteiger charge is -2.33. The first-order chi connectivity index (χ1) is 39.1. The molecule has 2 heterocycles. The van der Waals surface area contributed by atoms with E-state index in [0.717, 1.165) is 35.1 Å². The van der Waals surface area contributed by atoms with Gasteiger partial charge in [-0.25, -0.2) is 9.59 Å². The highest BCUT2D eigenvalue weighted by molar-refractivity contribution is 5.98. The number of methoxy groups -OCH3 is 1. The van der Waals surface area contributed by atoms with Crippen molar-refractivity contribution in [3.63, 3.8) is 0 Å². The molecule has 2 aliphatic rings. The molecule has 0 radical (unpaired) electrons. The molecule has 0 spiro atoms. The lowest BCUT2D eigenvalue weighted by atomic mass is 9.81. The van der Waals surface area contributed by atoms with E-state index in [0.29, 0.717) is 35.7 Å². The Kier molecular flexibility index (Phi) is 30.1. The number of ether oxygens (including phenoxy) is 5. The minimum Gasteiger partial charge on any atom is -0.482 e. The Balaban J connectivity index is 0.000000436. The van der Waals surface area contributed by atoms with Crippen LogP contribution in [0.15, 0.2) is 96.2 Å². The van der Waals surface area contributed by atoms with Crippen LogP contribution in [-0.4, -0.2) is 108 Å². The average Bonchev–Trinajstić information content (AvgIpc) is 3.44. The summed E-state index contributed by atoms with van der Waals surface area (Å²) in [5, 5.41) is 47.1. The summed E-state index contributed by atoms with van der Waals surface area (Å²) in [4.78, 5) is 48.5. The number of fused-ring (bicyclic) bond motifs is 2. The minimum absolute atomic E-state index is 0.0174. The molecule has 0 saturated carbocycles. The van der Waals surface area contributed by atoms with E-state index in [-0.39, 0.29) is 90.9 Å². The van der Waals surface area contributed by atoms with Gasteiger partial charge in [-0.15, -0.1) is 0 Å². The first kappa shape index (κ1) is 71.0. The number of carbonyl (C=O) groups is 4. The quantitative estimate of drug-likeness (QED) is 0.0359. The van der Waals surface area contributed by atoms with Gasteiger partial charge in [0, 0.05) is 54.5 Å². The molecule has 2 aromatic rings. The molecule has 4 rings (SSSR count). The number of carbonyl (C=O) groups excluding carboxylic acids is 4. The highest BCUT2D eigenvalue weighted by Crippen LogP contribution is 2.35. The Hall–Kier alpha value is -6.24. The summed E-state index contributed by atoms with van der Waals surface area (Å²) in [6.45, 7) is 27.7. The number of allylic oxidation sites excluding steroid dienone is 4. The summed E-state index contributed by atoms with van der Waals surface area (Å²) in [6, 6.07) is 11.2. The number of rotatable bonds is 30. The molecule has 2 aromatic carbocycles. The van der Waals surface area contributed by atoms with Crippen LogP contribution in [0.4, 0.5) is 21.0 Å². The Morgan fingerprint density at radius 3 is 1.48 bits per heavy atom. The van der Waals surface area contributed by atoms with Crippen LogP contribution in [0.5, 0.6) is 11.5 Å². The Morgan fingerprint density at radius 1 is 0.614 bits per heavy atom. The maximum absolute atomic E-state index is 12.3. The second kappa shape index (κ2) is 35.1. The molecular weight excluding hydrogens is 1060 g/mol.